The van der Waals surface area contributed by atoms with Crippen LogP contribution in [-0.4, -0.2) is 56.8 Å². The summed E-state index contributed by atoms with van der Waals surface area (Å²) in [5.41, 5.74) is 2.94. The van der Waals surface area contributed by atoms with E-state index in [0.29, 0.717) is 24.8 Å². The largest absolute Gasteiger partial charge is 0.470 e. The van der Waals surface area contributed by atoms with E-state index in [1.54, 1.807) is 12.3 Å². The lowest BCUT2D eigenvalue weighted by Crippen LogP contribution is -2.40. The number of hydrogen-bond donors (Lipinski definition) is 2. The van der Waals surface area contributed by atoms with Gasteiger partial charge in [0.05, 0.1) is 6.20 Å². The van der Waals surface area contributed by atoms with Crippen molar-refractivity contribution in [3.05, 3.63) is 41.7 Å². The number of aliphatic hydroxyl groups excluding tert-OH is 1. The second-order valence-corrected chi connectivity index (χ2v) is 7.95. The Morgan fingerprint density at radius 2 is 2.22 bits per heavy atom. The van der Waals surface area contributed by atoms with E-state index in [1.165, 1.54) is 6.42 Å². The predicted octanol–water partition coefficient (Wildman–Crippen LogP) is 2.62. The number of carbonyl (C=O) groups excluding carboxylic acids is 1. The topological polar surface area (TPSA) is 105 Å². The molecule has 1 aliphatic rings. The van der Waals surface area contributed by atoms with Gasteiger partial charge >= 0.3 is 0 Å². The highest BCUT2D eigenvalue weighted by molar-refractivity contribution is 5.61. The van der Waals surface area contributed by atoms with Crippen LogP contribution in [0.3, 0.4) is 0 Å². The molecule has 9 heteroatoms. The van der Waals surface area contributed by atoms with Crippen LogP contribution in [0.25, 0.3) is 5.65 Å². The minimum Gasteiger partial charge on any atom is -0.470 e. The SMILES string of the molecule is CCc1cnn2c(NCc3ccc(OCC=O)nc3)cc(N3CCCC[C@H]3CCO)nc12. The number of rotatable bonds is 10. The number of aromatic nitrogens is 4. The van der Waals surface area contributed by atoms with Gasteiger partial charge in [-0.1, -0.05) is 13.0 Å². The molecule has 0 spiro atoms. The third-order valence-electron chi connectivity index (χ3n) is 5.87. The highest BCUT2D eigenvalue weighted by Crippen LogP contribution is 2.29. The van der Waals surface area contributed by atoms with Crippen molar-refractivity contribution < 1.29 is 14.6 Å². The van der Waals surface area contributed by atoms with Crippen LogP contribution in [0.5, 0.6) is 5.88 Å². The van der Waals surface area contributed by atoms with Crippen LogP contribution in [0.1, 0.15) is 43.7 Å². The van der Waals surface area contributed by atoms with Crippen LogP contribution < -0.4 is 15.0 Å². The third-order valence-corrected chi connectivity index (χ3v) is 5.87. The maximum atomic E-state index is 10.4. The van der Waals surface area contributed by atoms with Crippen LogP contribution in [0.2, 0.25) is 0 Å². The van der Waals surface area contributed by atoms with E-state index in [2.05, 4.69) is 27.2 Å². The van der Waals surface area contributed by atoms with Gasteiger partial charge in [-0.25, -0.2) is 9.97 Å². The van der Waals surface area contributed by atoms with Crippen molar-refractivity contribution in [1.29, 1.82) is 0 Å². The maximum absolute atomic E-state index is 10.4. The van der Waals surface area contributed by atoms with Crippen molar-refractivity contribution in [2.75, 3.05) is 30.0 Å². The van der Waals surface area contributed by atoms with E-state index >= 15 is 0 Å². The average Bonchev–Trinajstić information content (AvgIpc) is 3.25. The Balaban J connectivity index is 1.60. The van der Waals surface area contributed by atoms with Crippen molar-refractivity contribution >= 4 is 23.6 Å². The second kappa shape index (κ2) is 10.4. The Bertz CT molecular complexity index is 1030. The van der Waals surface area contributed by atoms with Gasteiger partial charge in [-0.05, 0) is 37.7 Å². The summed E-state index contributed by atoms with van der Waals surface area (Å²) in [6.07, 6.45) is 9.29. The molecule has 0 aromatic carbocycles. The number of aliphatic hydroxyl groups is 1. The molecule has 1 aliphatic heterocycles. The number of piperidine rings is 1. The van der Waals surface area contributed by atoms with Gasteiger partial charge in [0.15, 0.2) is 11.9 Å². The first-order chi connectivity index (χ1) is 15.7. The molecule has 0 saturated carbocycles. The second-order valence-electron chi connectivity index (χ2n) is 7.95. The first-order valence-electron chi connectivity index (χ1n) is 11.2. The lowest BCUT2D eigenvalue weighted by molar-refractivity contribution is -0.109. The molecule has 0 aliphatic carbocycles. The molecule has 0 radical (unpaired) electrons. The number of ether oxygens (including phenoxy) is 1. The van der Waals surface area contributed by atoms with Crippen LogP contribution in [0, 0.1) is 0 Å². The Morgan fingerprint density at radius 1 is 1.31 bits per heavy atom. The summed E-state index contributed by atoms with van der Waals surface area (Å²) in [7, 11) is 0. The van der Waals surface area contributed by atoms with Crippen molar-refractivity contribution in [3.8, 4) is 5.88 Å². The molecule has 0 bridgehead atoms. The molecule has 2 N–H and O–H groups in total. The smallest absolute Gasteiger partial charge is 0.213 e. The molecule has 1 saturated heterocycles. The van der Waals surface area contributed by atoms with Crippen LogP contribution >= 0.6 is 0 Å². The van der Waals surface area contributed by atoms with Gasteiger partial charge in [-0.15, -0.1) is 0 Å². The number of aryl methyl sites for hydroxylation is 1. The first kappa shape index (κ1) is 22.0. The van der Waals surface area contributed by atoms with Crippen LogP contribution in [0.4, 0.5) is 11.6 Å². The Hall–Kier alpha value is -3.20. The zero-order chi connectivity index (χ0) is 22.3. The van der Waals surface area contributed by atoms with Gasteiger partial charge in [0, 0.05) is 49.6 Å². The molecule has 1 atom stereocenters. The molecule has 1 fully saturated rings. The monoisotopic (exact) mass is 438 g/mol. The van der Waals surface area contributed by atoms with Gasteiger partial charge in [-0.2, -0.15) is 9.61 Å². The van der Waals surface area contributed by atoms with Gasteiger partial charge in [0.25, 0.3) is 0 Å². The minimum absolute atomic E-state index is 0.00475. The number of pyridine rings is 1. The summed E-state index contributed by atoms with van der Waals surface area (Å²) in [4.78, 5) is 22.0. The van der Waals surface area contributed by atoms with Gasteiger partial charge in [-0.3, -0.25) is 4.79 Å². The van der Waals surface area contributed by atoms with Gasteiger partial charge in [0.1, 0.15) is 18.2 Å². The summed E-state index contributed by atoms with van der Waals surface area (Å²) in [5, 5.41) is 17.6. The molecule has 4 rings (SSSR count). The highest BCUT2D eigenvalue weighted by atomic mass is 16.5. The van der Waals surface area contributed by atoms with Crippen LogP contribution in [-0.2, 0) is 17.8 Å². The molecule has 9 nitrogen and oxygen atoms in total. The Morgan fingerprint density at radius 3 is 2.97 bits per heavy atom. The molecular weight excluding hydrogens is 408 g/mol. The Labute approximate surface area is 187 Å². The molecule has 0 unspecified atom stereocenters. The van der Waals surface area contributed by atoms with E-state index in [4.69, 9.17) is 9.72 Å². The van der Waals surface area contributed by atoms with E-state index in [9.17, 15) is 9.90 Å². The standard InChI is InChI=1S/C23H30N6O3/c1-2-18-16-26-29-20(24-14-17-6-7-22(25-15-17)32-12-11-31)13-21(27-23(18)29)28-9-4-3-5-19(28)8-10-30/h6-7,11,13,15-16,19,24,30H,2-5,8-10,12,14H2,1H3/t19-/m0/s1. The number of nitrogens with one attached hydrogen (secondary N) is 1. The summed E-state index contributed by atoms with van der Waals surface area (Å²) in [5.74, 6) is 2.21. The molecule has 4 heterocycles. The van der Waals surface area contributed by atoms with Crippen LogP contribution in [0.15, 0.2) is 30.6 Å². The van der Waals surface area contributed by atoms with E-state index in [1.807, 2.05) is 22.8 Å². The van der Waals surface area contributed by atoms with Crippen molar-refractivity contribution in [2.45, 2.75) is 51.6 Å². The predicted molar refractivity (Wildman–Crippen MR) is 122 cm³/mol. The number of carbonyl (C=O) groups is 1. The van der Waals surface area contributed by atoms with Crippen molar-refractivity contribution in [3.63, 3.8) is 0 Å². The molecule has 3 aromatic heterocycles. The molecule has 0 amide bonds. The number of aldehydes is 1. The van der Waals surface area contributed by atoms with Gasteiger partial charge < -0.3 is 20.1 Å². The lowest BCUT2D eigenvalue weighted by atomic mass is 9.99. The minimum atomic E-state index is -0.00475. The summed E-state index contributed by atoms with van der Waals surface area (Å²) < 4.78 is 7.06. The number of hydrogen-bond acceptors (Lipinski definition) is 8. The Kier molecular flexibility index (Phi) is 7.16. The first-order valence-corrected chi connectivity index (χ1v) is 11.2. The third kappa shape index (κ3) is 4.83. The number of anilines is 2. The fourth-order valence-corrected chi connectivity index (χ4v) is 4.18. The van der Waals surface area contributed by atoms with E-state index < -0.39 is 0 Å². The lowest BCUT2D eigenvalue weighted by Gasteiger charge is -2.36. The number of fused-ring (bicyclic) bond motifs is 1. The molecule has 170 valence electrons. The normalized spacial score (nSPS) is 16.3. The maximum Gasteiger partial charge on any atom is 0.213 e. The van der Waals surface area contributed by atoms with Crippen molar-refractivity contribution in [2.24, 2.45) is 0 Å². The van der Waals surface area contributed by atoms with E-state index in [-0.39, 0.29) is 13.2 Å². The zero-order valence-corrected chi connectivity index (χ0v) is 18.4. The summed E-state index contributed by atoms with van der Waals surface area (Å²) >= 11 is 0. The average molecular weight is 439 g/mol. The van der Waals surface area contributed by atoms with Gasteiger partial charge in [0.2, 0.25) is 5.88 Å². The molecule has 3 aromatic rings. The zero-order valence-electron chi connectivity index (χ0n) is 18.4. The quantitative estimate of drug-likeness (QED) is 0.466. The summed E-state index contributed by atoms with van der Waals surface area (Å²) in [6.45, 7) is 3.78. The molecule has 32 heavy (non-hydrogen) atoms. The highest BCUT2D eigenvalue weighted by Gasteiger charge is 2.24. The molecular formula is C23H30N6O3. The van der Waals surface area contributed by atoms with E-state index in [0.717, 1.165) is 60.6 Å². The fraction of sp³-hybridized carbons (Fsp3) is 0.478. The summed E-state index contributed by atoms with van der Waals surface area (Å²) in [6, 6.07) is 6.02. The fourth-order valence-electron chi connectivity index (χ4n) is 4.18. The number of nitrogens with zero attached hydrogens (tertiary/aromatic N) is 5. The van der Waals surface area contributed by atoms with Crippen molar-refractivity contribution in [1.82, 2.24) is 19.6 Å².